The smallest absolute Gasteiger partial charge is 0.456 e. The summed E-state index contributed by atoms with van der Waals surface area (Å²) in [6.07, 6.45) is -2.08. The number of carbonyl (C=O) groups excluding carboxylic acids is 3. The van der Waals surface area contributed by atoms with Crippen LogP contribution in [-0.2, 0) is 16.1 Å². The fourth-order valence-corrected chi connectivity index (χ4v) is 3.37. The Morgan fingerprint density at radius 3 is 2.24 bits per heavy atom. The molecule has 0 unspecified atom stereocenters. The van der Waals surface area contributed by atoms with Crippen molar-refractivity contribution in [3.05, 3.63) is 53.9 Å². The van der Waals surface area contributed by atoms with Gasteiger partial charge >= 0.3 is 18.4 Å². The van der Waals surface area contributed by atoms with Crippen LogP contribution < -0.4 is 9.64 Å². The van der Waals surface area contributed by atoms with E-state index in [1.54, 1.807) is 40.7 Å². The summed E-state index contributed by atoms with van der Waals surface area (Å²) in [5.74, 6) is -1.68. The average molecular weight is 479 g/mol. The van der Waals surface area contributed by atoms with E-state index >= 15 is 0 Å². The molecule has 2 heterocycles. The highest BCUT2D eigenvalue weighted by atomic mass is 19.4. The first-order valence-electron chi connectivity index (χ1n) is 10.3. The second-order valence-corrected chi connectivity index (χ2v) is 9.14. The van der Waals surface area contributed by atoms with Gasteiger partial charge in [-0.05, 0) is 70.5 Å². The minimum atomic E-state index is -4.87. The van der Waals surface area contributed by atoms with Crippen LogP contribution in [-0.4, -0.2) is 45.3 Å². The zero-order chi connectivity index (χ0) is 25.5. The van der Waals surface area contributed by atoms with Crippen LogP contribution in [0.3, 0.4) is 0 Å². The lowest BCUT2D eigenvalue weighted by Gasteiger charge is -2.28. The Balaban J connectivity index is 1.89. The SMILES string of the molecule is CC(C)(C)OC(=O)c1cnccc1CN1C(=O)N(c2ccc(OC(F)(F)F)cc2)C(=O)C1(C)C. The third kappa shape index (κ3) is 5.29. The second kappa shape index (κ2) is 8.62. The molecule has 1 aliphatic heterocycles. The van der Waals surface area contributed by atoms with E-state index in [0.717, 1.165) is 17.0 Å². The maximum Gasteiger partial charge on any atom is 0.573 e. The zero-order valence-corrected chi connectivity index (χ0v) is 19.3. The van der Waals surface area contributed by atoms with Gasteiger partial charge in [-0.1, -0.05) is 0 Å². The number of imide groups is 1. The lowest BCUT2D eigenvalue weighted by Crippen LogP contribution is -2.44. The summed E-state index contributed by atoms with van der Waals surface area (Å²) < 4.78 is 46.5. The monoisotopic (exact) mass is 479 g/mol. The Kier molecular flexibility index (Phi) is 6.34. The van der Waals surface area contributed by atoms with Crippen molar-refractivity contribution in [1.29, 1.82) is 0 Å². The van der Waals surface area contributed by atoms with Crippen molar-refractivity contribution in [2.75, 3.05) is 4.90 Å². The molecule has 0 aliphatic carbocycles. The maximum absolute atomic E-state index is 13.2. The van der Waals surface area contributed by atoms with Gasteiger partial charge in [-0.2, -0.15) is 0 Å². The van der Waals surface area contributed by atoms with Crippen molar-refractivity contribution >= 4 is 23.6 Å². The van der Waals surface area contributed by atoms with E-state index in [1.165, 1.54) is 29.4 Å². The molecule has 1 fully saturated rings. The molecular weight excluding hydrogens is 455 g/mol. The molecule has 1 aliphatic rings. The number of alkyl halides is 3. The highest BCUT2D eigenvalue weighted by molar-refractivity contribution is 6.23. The Morgan fingerprint density at radius 2 is 1.68 bits per heavy atom. The molecule has 34 heavy (non-hydrogen) atoms. The number of urea groups is 1. The third-order valence-corrected chi connectivity index (χ3v) is 5.01. The minimum Gasteiger partial charge on any atom is -0.456 e. The number of benzene rings is 1. The van der Waals surface area contributed by atoms with E-state index < -0.39 is 41.2 Å². The normalized spacial score (nSPS) is 16.1. The molecule has 1 saturated heterocycles. The molecule has 11 heteroatoms. The standard InChI is InChI=1S/C23H24F3N3O5/c1-21(2,3)34-18(30)17-12-27-11-10-14(17)13-28-20(32)29(19(31)22(28,4)5)15-6-8-16(9-7-15)33-23(24,25)26/h6-12H,13H2,1-5H3. The summed E-state index contributed by atoms with van der Waals surface area (Å²) in [6.45, 7) is 8.15. The van der Waals surface area contributed by atoms with Gasteiger partial charge in [-0.25, -0.2) is 14.5 Å². The minimum absolute atomic E-state index is 0.0854. The van der Waals surface area contributed by atoms with E-state index in [0.29, 0.717) is 5.56 Å². The van der Waals surface area contributed by atoms with Crippen LogP contribution in [0.25, 0.3) is 0 Å². The zero-order valence-electron chi connectivity index (χ0n) is 19.3. The number of halogens is 3. The highest BCUT2D eigenvalue weighted by Crippen LogP contribution is 2.35. The molecule has 0 N–H and O–H groups in total. The topological polar surface area (TPSA) is 89.0 Å². The van der Waals surface area contributed by atoms with E-state index in [-0.39, 0.29) is 17.8 Å². The van der Waals surface area contributed by atoms with Crippen LogP contribution in [0, 0.1) is 0 Å². The van der Waals surface area contributed by atoms with Gasteiger partial charge in [0.25, 0.3) is 5.91 Å². The maximum atomic E-state index is 13.2. The summed E-state index contributed by atoms with van der Waals surface area (Å²) in [5, 5.41) is 0. The molecule has 0 spiro atoms. The van der Waals surface area contributed by atoms with Crippen molar-refractivity contribution in [1.82, 2.24) is 9.88 Å². The van der Waals surface area contributed by atoms with E-state index in [4.69, 9.17) is 4.74 Å². The van der Waals surface area contributed by atoms with Crippen LogP contribution in [0.5, 0.6) is 5.75 Å². The number of pyridine rings is 1. The van der Waals surface area contributed by atoms with Gasteiger partial charge in [0.05, 0.1) is 11.3 Å². The number of aromatic nitrogens is 1. The first kappa shape index (κ1) is 25.0. The van der Waals surface area contributed by atoms with Crippen LogP contribution >= 0.6 is 0 Å². The fourth-order valence-electron chi connectivity index (χ4n) is 3.37. The molecule has 0 atom stereocenters. The number of amides is 3. The van der Waals surface area contributed by atoms with Crippen molar-refractivity contribution < 1.29 is 37.0 Å². The lowest BCUT2D eigenvalue weighted by atomic mass is 10.0. The molecule has 182 valence electrons. The number of rotatable bonds is 5. The number of esters is 1. The predicted molar refractivity (Wildman–Crippen MR) is 115 cm³/mol. The van der Waals surface area contributed by atoms with Gasteiger partial charge < -0.3 is 14.4 Å². The van der Waals surface area contributed by atoms with Crippen molar-refractivity contribution in [3.8, 4) is 5.75 Å². The molecule has 0 saturated carbocycles. The first-order chi connectivity index (χ1) is 15.6. The molecule has 1 aromatic heterocycles. The molecule has 0 radical (unpaired) electrons. The number of ether oxygens (including phenoxy) is 2. The number of hydrogen-bond donors (Lipinski definition) is 0. The van der Waals surface area contributed by atoms with Gasteiger partial charge in [-0.3, -0.25) is 9.78 Å². The van der Waals surface area contributed by atoms with Gasteiger partial charge in [0, 0.05) is 18.9 Å². The second-order valence-electron chi connectivity index (χ2n) is 9.14. The molecular formula is C23H24F3N3O5. The molecule has 1 aromatic carbocycles. The van der Waals surface area contributed by atoms with Gasteiger partial charge in [0.2, 0.25) is 0 Å². The molecule has 8 nitrogen and oxygen atoms in total. The molecule has 3 amide bonds. The van der Waals surface area contributed by atoms with Gasteiger partial charge in [0.1, 0.15) is 16.9 Å². The summed E-state index contributed by atoms with van der Waals surface area (Å²) in [4.78, 5) is 45.1. The van der Waals surface area contributed by atoms with Crippen molar-refractivity contribution in [2.24, 2.45) is 0 Å². The van der Waals surface area contributed by atoms with Crippen LogP contribution in [0.2, 0.25) is 0 Å². The summed E-state index contributed by atoms with van der Waals surface area (Å²) in [7, 11) is 0. The van der Waals surface area contributed by atoms with Gasteiger partial charge in [0.15, 0.2) is 0 Å². The predicted octanol–water partition coefficient (Wildman–Crippen LogP) is 4.68. The fraction of sp³-hybridized carbons (Fsp3) is 0.391. The number of nitrogens with zero attached hydrogens (tertiary/aromatic N) is 3. The Labute approximate surface area is 194 Å². The van der Waals surface area contributed by atoms with Crippen molar-refractivity contribution in [3.63, 3.8) is 0 Å². The van der Waals surface area contributed by atoms with Crippen LogP contribution in [0.15, 0.2) is 42.7 Å². The Bertz CT molecular complexity index is 1110. The van der Waals surface area contributed by atoms with E-state index in [1.807, 2.05) is 0 Å². The van der Waals surface area contributed by atoms with Crippen molar-refractivity contribution in [2.45, 2.75) is 58.7 Å². The third-order valence-electron chi connectivity index (χ3n) is 5.01. The van der Waals surface area contributed by atoms with Crippen LogP contribution in [0.4, 0.5) is 23.7 Å². The average Bonchev–Trinajstić information content (AvgIpc) is 2.86. The lowest BCUT2D eigenvalue weighted by molar-refractivity contribution is -0.274. The van der Waals surface area contributed by atoms with Crippen LogP contribution in [0.1, 0.15) is 50.5 Å². The largest absolute Gasteiger partial charge is 0.573 e. The molecule has 0 bridgehead atoms. The van der Waals surface area contributed by atoms with Gasteiger partial charge in [-0.15, -0.1) is 13.2 Å². The molecule has 2 aromatic rings. The number of carbonyl (C=O) groups is 3. The summed E-state index contributed by atoms with van der Waals surface area (Å²) in [5.41, 5.74) is -1.38. The quantitative estimate of drug-likeness (QED) is 0.457. The summed E-state index contributed by atoms with van der Waals surface area (Å²) >= 11 is 0. The Morgan fingerprint density at radius 1 is 1.06 bits per heavy atom. The number of anilines is 1. The summed E-state index contributed by atoms with van der Waals surface area (Å²) in [6, 6.07) is 5.28. The Hall–Kier alpha value is -3.63. The van der Waals surface area contributed by atoms with E-state index in [2.05, 4.69) is 9.72 Å². The molecule has 3 rings (SSSR count). The highest BCUT2D eigenvalue weighted by Gasteiger charge is 2.52. The van der Waals surface area contributed by atoms with E-state index in [9.17, 15) is 27.6 Å². The number of hydrogen-bond acceptors (Lipinski definition) is 6. The first-order valence-corrected chi connectivity index (χ1v) is 10.3.